The number of benzene rings is 1. The maximum absolute atomic E-state index is 5.64. The minimum atomic E-state index is 0.571. The summed E-state index contributed by atoms with van der Waals surface area (Å²) in [4.78, 5) is 11.5. The monoisotopic (exact) mass is 282 g/mol. The number of rotatable bonds is 3. The van der Waals surface area contributed by atoms with Gasteiger partial charge in [0.1, 0.15) is 0 Å². The third kappa shape index (κ3) is 3.22. The van der Waals surface area contributed by atoms with Gasteiger partial charge in [-0.2, -0.15) is 0 Å². The summed E-state index contributed by atoms with van der Waals surface area (Å²) >= 11 is 0. The molecule has 1 aliphatic rings. The maximum Gasteiger partial charge on any atom is 0.225 e. The number of piperidine rings is 1. The molecule has 0 spiro atoms. The molecule has 1 aromatic carbocycles. The lowest BCUT2D eigenvalue weighted by molar-refractivity contribution is 0.434. The highest BCUT2D eigenvalue weighted by molar-refractivity contribution is 5.60. The fraction of sp³-hybridized carbons (Fsp3) is 0.412. The van der Waals surface area contributed by atoms with Crippen LogP contribution in [0.25, 0.3) is 11.3 Å². The second kappa shape index (κ2) is 6.22. The third-order valence-electron chi connectivity index (χ3n) is 4.19. The molecule has 0 radical (unpaired) electrons. The van der Waals surface area contributed by atoms with Gasteiger partial charge in [0.15, 0.2) is 0 Å². The minimum Gasteiger partial charge on any atom is -0.341 e. The van der Waals surface area contributed by atoms with Gasteiger partial charge in [-0.3, -0.25) is 0 Å². The van der Waals surface area contributed by atoms with E-state index in [-0.39, 0.29) is 0 Å². The summed E-state index contributed by atoms with van der Waals surface area (Å²) in [5.74, 6) is 1.66. The van der Waals surface area contributed by atoms with Crippen molar-refractivity contribution in [1.29, 1.82) is 0 Å². The van der Waals surface area contributed by atoms with E-state index in [1.165, 1.54) is 12.8 Å². The molecule has 1 fully saturated rings. The SMILES string of the molecule is CC1CCN(c2nccc(-c3ccc(CN)cc3)n2)CC1. The van der Waals surface area contributed by atoms with Crippen molar-refractivity contribution in [2.45, 2.75) is 26.3 Å². The number of hydrogen-bond donors (Lipinski definition) is 1. The van der Waals surface area contributed by atoms with E-state index in [4.69, 9.17) is 10.7 Å². The van der Waals surface area contributed by atoms with Crippen molar-refractivity contribution < 1.29 is 0 Å². The molecule has 21 heavy (non-hydrogen) atoms. The second-order valence-electron chi connectivity index (χ2n) is 5.81. The highest BCUT2D eigenvalue weighted by Crippen LogP contribution is 2.23. The smallest absolute Gasteiger partial charge is 0.225 e. The Morgan fingerprint density at radius 2 is 1.86 bits per heavy atom. The zero-order chi connectivity index (χ0) is 14.7. The Morgan fingerprint density at radius 3 is 2.52 bits per heavy atom. The lowest BCUT2D eigenvalue weighted by Crippen LogP contribution is -2.34. The second-order valence-corrected chi connectivity index (χ2v) is 5.81. The highest BCUT2D eigenvalue weighted by atomic mass is 15.2. The predicted molar refractivity (Wildman–Crippen MR) is 86.0 cm³/mol. The Labute approximate surface area is 126 Å². The van der Waals surface area contributed by atoms with Crippen molar-refractivity contribution in [3.8, 4) is 11.3 Å². The van der Waals surface area contributed by atoms with Crippen LogP contribution in [-0.2, 0) is 6.54 Å². The summed E-state index contributed by atoms with van der Waals surface area (Å²) in [6.07, 6.45) is 4.30. The van der Waals surface area contributed by atoms with Crippen molar-refractivity contribution in [2.24, 2.45) is 11.7 Å². The summed E-state index contributed by atoms with van der Waals surface area (Å²) < 4.78 is 0. The van der Waals surface area contributed by atoms with Gasteiger partial charge in [0.25, 0.3) is 0 Å². The minimum absolute atomic E-state index is 0.571. The molecule has 0 amide bonds. The first-order valence-corrected chi connectivity index (χ1v) is 7.63. The van der Waals surface area contributed by atoms with Gasteiger partial charge in [-0.05, 0) is 30.4 Å². The van der Waals surface area contributed by atoms with E-state index in [0.29, 0.717) is 6.54 Å². The average Bonchev–Trinajstić information content (AvgIpc) is 2.56. The van der Waals surface area contributed by atoms with E-state index in [1.807, 2.05) is 12.3 Å². The van der Waals surface area contributed by atoms with Crippen LogP contribution in [0, 0.1) is 5.92 Å². The topological polar surface area (TPSA) is 55.0 Å². The largest absolute Gasteiger partial charge is 0.341 e. The standard InChI is InChI=1S/C17H22N4/c1-13-7-10-21(11-8-13)17-19-9-6-16(20-17)15-4-2-14(12-18)3-5-15/h2-6,9,13H,7-8,10-12,18H2,1H3. The molecule has 0 atom stereocenters. The Kier molecular flexibility index (Phi) is 4.15. The van der Waals surface area contributed by atoms with Crippen LogP contribution in [0.5, 0.6) is 0 Å². The molecule has 0 unspecified atom stereocenters. The molecule has 2 aromatic rings. The van der Waals surface area contributed by atoms with E-state index < -0.39 is 0 Å². The zero-order valence-corrected chi connectivity index (χ0v) is 12.5. The van der Waals surface area contributed by atoms with E-state index >= 15 is 0 Å². The number of nitrogens with zero attached hydrogens (tertiary/aromatic N) is 3. The summed E-state index contributed by atoms with van der Waals surface area (Å²) in [5, 5.41) is 0. The Hall–Kier alpha value is -1.94. The fourth-order valence-electron chi connectivity index (χ4n) is 2.68. The van der Waals surface area contributed by atoms with Crippen molar-refractivity contribution in [3.05, 3.63) is 42.1 Å². The molecular weight excluding hydrogens is 260 g/mol. The molecule has 0 bridgehead atoms. The van der Waals surface area contributed by atoms with Crippen molar-refractivity contribution in [3.63, 3.8) is 0 Å². The van der Waals surface area contributed by atoms with Gasteiger partial charge < -0.3 is 10.6 Å². The van der Waals surface area contributed by atoms with Crippen LogP contribution in [0.15, 0.2) is 36.5 Å². The maximum atomic E-state index is 5.64. The van der Waals surface area contributed by atoms with Crippen LogP contribution in [-0.4, -0.2) is 23.1 Å². The number of aromatic nitrogens is 2. The van der Waals surface area contributed by atoms with Gasteiger partial charge in [0.2, 0.25) is 5.95 Å². The zero-order valence-electron chi connectivity index (χ0n) is 12.5. The van der Waals surface area contributed by atoms with Gasteiger partial charge >= 0.3 is 0 Å². The van der Waals surface area contributed by atoms with Crippen LogP contribution in [0.1, 0.15) is 25.3 Å². The van der Waals surface area contributed by atoms with Crippen LogP contribution >= 0.6 is 0 Å². The molecule has 0 aliphatic carbocycles. The van der Waals surface area contributed by atoms with Crippen molar-refractivity contribution in [1.82, 2.24) is 9.97 Å². The van der Waals surface area contributed by atoms with E-state index in [0.717, 1.165) is 41.8 Å². The van der Waals surface area contributed by atoms with Gasteiger partial charge in [-0.1, -0.05) is 31.2 Å². The normalized spacial score (nSPS) is 16.2. The Morgan fingerprint density at radius 1 is 1.14 bits per heavy atom. The van der Waals surface area contributed by atoms with Crippen LogP contribution in [0.3, 0.4) is 0 Å². The Bertz CT molecular complexity index is 586. The molecule has 1 aromatic heterocycles. The summed E-state index contributed by atoms with van der Waals surface area (Å²) in [5.41, 5.74) is 8.86. The summed E-state index contributed by atoms with van der Waals surface area (Å²) in [6.45, 7) is 4.99. The van der Waals surface area contributed by atoms with Gasteiger partial charge in [0, 0.05) is 31.4 Å². The first-order chi connectivity index (χ1) is 10.3. The summed E-state index contributed by atoms with van der Waals surface area (Å²) in [7, 11) is 0. The quantitative estimate of drug-likeness (QED) is 0.940. The molecule has 110 valence electrons. The lowest BCUT2D eigenvalue weighted by atomic mass is 10.00. The third-order valence-corrected chi connectivity index (χ3v) is 4.19. The molecule has 2 heterocycles. The molecule has 0 saturated carbocycles. The van der Waals surface area contributed by atoms with E-state index in [9.17, 15) is 0 Å². The van der Waals surface area contributed by atoms with Gasteiger partial charge in [0.05, 0.1) is 5.69 Å². The average molecular weight is 282 g/mol. The van der Waals surface area contributed by atoms with Crippen LogP contribution in [0.2, 0.25) is 0 Å². The van der Waals surface area contributed by atoms with E-state index in [2.05, 4.69) is 41.1 Å². The van der Waals surface area contributed by atoms with Crippen LogP contribution in [0.4, 0.5) is 5.95 Å². The van der Waals surface area contributed by atoms with Crippen molar-refractivity contribution in [2.75, 3.05) is 18.0 Å². The van der Waals surface area contributed by atoms with Crippen molar-refractivity contribution >= 4 is 5.95 Å². The molecule has 4 nitrogen and oxygen atoms in total. The predicted octanol–water partition coefficient (Wildman–Crippen LogP) is 2.84. The molecule has 4 heteroatoms. The number of anilines is 1. The number of hydrogen-bond acceptors (Lipinski definition) is 4. The number of nitrogens with two attached hydrogens (primary N) is 1. The molecule has 1 aliphatic heterocycles. The molecule has 2 N–H and O–H groups in total. The fourth-order valence-corrected chi connectivity index (χ4v) is 2.68. The first kappa shape index (κ1) is 14.0. The summed E-state index contributed by atoms with van der Waals surface area (Å²) in [6, 6.07) is 10.2. The highest BCUT2D eigenvalue weighted by Gasteiger charge is 2.18. The van der Waals surface area contributed by atoms with Gasteiger partial charge in [-0.15, -0.1) is 0 Å². The first-order valence-electron chi connectivity index (χ1n) is 7.63. The Balaban J connectivity index is 1.82. The molecule has 1 saturated heterocycles. The van der Waals surface area contributed by atoms with E-state index in [1.54, 1.807) is 0 Å². The molecule has 3 rings (SSSR count). The molecular formula is C17H22N4. The lowest BCUT2D eigenvalue weighted by Gasteiger charge is -2.30. The van der Waals surface area contributed by atoms with Crippen LogP contribution < -0.4 is 10.6 Å². The van der Waals surface area contributed by atoms with Gasteiger partial charge in [-0.25, -0.2) is 9.97 Å².